The highest BCUT2D eigenvalue weighted by molar-refractivity contribution is 5.56. The Hall–Kier alpha value is -1.91. The number of pyridine rings is 1. The SMILES string of the molecule is CC(C)c1noc(-c2ccnc(N)c2)n1. The van der Waals surface area contributed by atoms with Crippen LogP contribution < -0.4 is 5.73 Å². The Labute approximate surface area is 87.3 Å². The van der Waals surface area contributed by atoms with Gasteiger partial charge in [-0.3, -0.25) is 0 Å². The number of nitrogens with two attached hydrogens (primary N) is 1. The van der Waals surface area contributed by atoms with E-state index in [1.54, 1.807) is 18.3 Å². The van der Waals surface area contributed by atoms with Gasteiger partial charge in [0.1, 0.15) is 5.82 Å². The van der Waals surface area contributed by atoms with E-state index < -0.39 is 0 Å². The highest BCUT2D eigenvalue weighted by Crippen LogP contribution is 2.20. The van der Waals surface area contributed by atoms with Crippen molar-refractivity contribution in [3.63, 3.8) is 0 Å². The highest BCUT2D eigenvalue weighted by Gasteiger charge is 2.11. The number of hydrogen-bond acceptors (Lipinski definition) is 5. The van der Waals surface area contributed by atoms with Gasteiger partial charge in [-0.25, -0.2) is 4.98 Å². The van der Waals surface area contributed by atoms with Crippen LogP contribution in [0.1, 0.15) is 25.6 Å². The summed E-state index contributed by atoms with van der Waals surface area (Å²) in [6.07, 6.45) is 1.61. The minimum Gasteiger partial charge on any atom is -0.384 e. The topological polar surface area (TPSA) is 77.8 Å². The van der Waals surface area contributed by atoms with Crippen molar-refractivity contribution in [1.82, 2.24) is 15.1 Å². The van der Waals surface area contributed by atoms with Gasteiger partial charge >= 0.3 is 0 Å². The first-order chi connectivity index (χ1) is 7.16. The summed E-state index contributed by atoms with van der Waals surface area (Å²) in [6, 6.07) is 3.49. The summed E-state index contributed by atoms with van der Waals surface area (Å²) in [5.41, 5.74) is 6.36. The monoisotopic (exact) mass is 204 g/mol. The van der Waals surface area contributed by atoms with Crippen molar-refractivity contribution in [3.8, 4) is 11.5 Å². The van der Waals surface area contributed by atoms with Gasteiger partial charge in [-0.15, -0.1) is 0 Å². The van der Waals surface area contributed by atoms with Crippen LogP contribution in [0.4, 0.5) is 5.82 Å². The molecular formula is C10H12N4O. The van der Waals surface area contributed by atoms with Gasteiger partial charge in [0.2, 0.25) is 0 Å². The van der Waals surface area contributed by atoms with Crippen molar-refractivity contribution in [2.45, 2.75) is 19.8 Å². The first-order valence-electron chi connectivity index (χ1n) is 4.72. The van der Waals surface area contributed by atoms with Gasteiger partial charge < -0.3 is 10.3 Å². The van der Waals surface area contributed by atoms with Crippen molar-refractivity contribution < 1.29 is 4.52 Å². The van der Waals surface area contributed by atoms with Gasteiger partial charge in [-0.1, -0.05) is 19.0 Å². The molecule has 0 saturated carbocycles. The summed E-state index contributed by atoms with van der Waals surface area (Å²) in [7, 11) is 0. The lowest BCUT2D eigenvalue weighted by Crippen LogP contribution is -1.91. The van der Waals surface area contributed by atoms with Gasteiger partial charge in [0, 0.05) is 17.7 Å². The second-order valence-electron chi connectivity index (χ2n) is 3.58. The number of anilines is 1. The van der Waals surface area contributed by atoms with Crippen LogP contribution in [-0.4, -0.2) is 15.1 Å². The maximum absolute atomic E-state index is 5.56. The Morgan fingerprint density at radius 1 is 1.40 bits per heavy atom. The third-order valence-electron chi connectivity index (χ3n) is 1.99. The summed E-state index contributed by atoms with van der Waals surface area (Å²) < 4.78 is 5.12. The van der Waals surface area contributed by atoms with Crippen LogP contribution in [0.15, 0.2) is 22.9 Å². The van der Waals surface area contributed by atoms with Crippen molar-refractivity contribution in [1.29, 1.82) is 0 Å². The zero-order chi connectivity index (χ0) is 10.8. The normalized spacial score (nSPS) is 10.9. The molecule has 0 aliphatic carbocycles. The molecule has 15 heavy (non-hydrogen) atoms. The van der Waals surface area contributed by atoms with Gasteiger partial charge in [0.25, 0.3) is 5.89 Å². The van der Waals surface area contributed by atoms with E-state index in [0.717, 1.165) is 5.56 Å². The second-order valence-corrected chi connectivity index (χ2v) is 3.58. The minimum absolute atomic E-state index is 0.252. The molecule has 2 N–H and O–H groups in total. The fourth-order valence-electron chi connectivity index (χ4n) is 1.17. The predicted molar refractivity (Wildman–Crippen MR) is 56.0 cm³/mol. The van der Waals surface area contributed by atoms with Crippen LogP contribution in [0.5, 0.6) is 0 Å². The van der Waals surface area contributed by atoms with Gasteiger partial charge in [0.05, 0.1) is 0 Å². The number of aromatic nitrogens is 3. The van der Waals surface area contributed by atoms with Crippen LogP contribution in [-0.2, 0) is 0 Å². The highest BCUT2D eigenvalue weighted by atomic mass is 16.5. The van der Waals surface area contributed by atoms with E-state index in [2.05, 4.69) is 15.1 Å². The van der Waals surface area contributed by atoms with E-state index in [-0.39, 0.29) is 5.92 Å². The molecule has 0 aliphatic heterocycles. The van der Waals surface area contributed by atoms with E-state index >= 15 is 0 Å². The molecule has 2 rings (SSSR count). The zero-order valence-corrected chi connectivity index (χ0v) is 8.64. The number of hydrogen-bond donors (Lipinski definition) is 1. The largest absolute Gasteiger partial charge is 0.384 e. The quantitative estimate of drug-likeness (QED) is 0.807. The number of nitrogens with zero attached hydrogens (tertiary/aromatic N) is 3. The van der Waals surface area contributed by atoms with E-state index in [9.17, 15) is 0 Å². The predicted octanol–water partition coefficient (Wildman–Crippen LogP) is 1.84. The van der Waals surface area contributed by atoms with E-state index in [1.165, 1.54) is 0 Å². The molecular weight excluding hydrogens is 192 g/mol. The minimum atomic E-state index is 0.252. The fraction of sp³-hybridized carbons (Fsp3) is 0.300. The fourth-order valence-corrected chi connectivity index (χ4v) is 1.17. The van der Waals surface area contributed by atoms with E-state index in [4.69, 9.17) is 10.3 Å². The summed E-state index contributed by atoms with van der Waals surface area (Å²) >= 11 is 0. The lowest BCUT2D eigenvalue weighted by molar-refractivity contribution is 0.419. The Balaban J connectivity index is 2.37. The molecule has 0 atom stereocenters. The molecule has 5 heteroatoms. The Morgan fingerprint density at radius 3 is 2.80 bits per heavy atom. The molecule has 0 unspecified atom stereocenters. The first-order valence-corrected chi connectivity index (χ1v) is 4.72. The van der Waals surface area contributed by atoms with E-state index in [1.807, 2.05) is 13.8 Å². The van der Waals surface area contributed by atoms with Crippen molar-refractivity contribution in [2.75, 3.05) is 5.73 Å². The summed E-state index contributed by atoms with van der Waals surface area (Å²) in [5, 5.41) is 3.87. The molecule has 0 saturated heterocycles. The average Bonchev–Trinajstić information content (AvgIpc) is 2.66. The summed E-state index contributed by atoms with van der Waals surface area (Å²) in [6.45, 7) is 4.02. The molecule has 0 radical (unpaired) electrons. The molecule has 0 bridgehead atoms. The van der Waals surface area contributed by atoms with Gasteiger partial charge in [-0.2, -0.15) is 4.98 Å². The van der Waals surface area contributed by atoms with Gasteiger partial charge in [-0.05, 0) is 12.1 Å². The van der Waals surface area contributed by atoms with Crippen LogP contribution >= 0.6 is 0 Å². The smallest absolute Gasteiger partial charge is 0.258 e. The molecule has 5 nitrogen and oxygen atoms in total. The van der Waals surface area contributed by atoms with Crippen LogP contribution in [0.3, 0.4) is 0 Å². The number of rotatable bonds is 2. The van der Waals surface area contributed by atoms with Crippen molar-refractivity contribution in [2.24, 2.45) is 0 Å². The third-order valence-corrected chi connectivity index (χ3v) is 1.99. The van der Waals surface area contributed by atoms with Crippen molar-refractivity contribution in [3.05, 3.63) is 24.2 Å². The molecule has 0 amide bonds. The second kappa shape index (κ2) is 3.68. The first kappa shape index (κ1) is 9.64. The maximum atomic E-state index is 5.56. The molecule has 2 aromatic heterocycles. The van der Waals surface area contributed by atoms with E-state index in [0.29, 0.717) is 17.5 Å². The summed E-state index contributed by atoms with van der Waals surface area (Å²) in [5.74, 6) is 1.87. The molecule has 2 aromatic rings. The zero-order valence-electron chi connectivity index (χ0n) is 8.64. The molecule has 2 heterocycles. The Kier molecular flexibility index (Phi) is 2.37. The van der Waals surface area contributed by atoms with Crippen LogP contribution in [0.25, 0.3) is 11.5 Å². The lowest BCUT2D eigenvalue weighted by atomic mass is 10.2. The van der Waals surface area contributed by atoms with Crippen LogP contribution in [0, 0.1) is 0 Å². The van der Waals surface area contributed by atoms with Crippen LogP contribution in [0.2, 0.25) is 0 Å². The number of nitrogen functional groups attached to an aromatic ring is 1. The Morgan fingerprint density at radius 2 is 2.20 bits per heavy atom. The molecule has 0 aliphatic rings. The van der Waals surface area contributed by atoms with Crippen molar-refractivity contribution >= 4 is 5.82 Å². The molecule has 78 valence electrons. The third kappa shape index (κ3) is 1.96. The lowest BCUT2D eigenvalue weighted by Gasteiger charge is -1.95. The molecule has 0 spiro atoms. The standard InChI is InChI=1S/C10H12N4O/c1-6(2)9-13-10(15-14-9)7-3-4-12-8(11)5-7/h3-6H,1-2H3,(H2,11,12). The summed E-state index contributed by atoms with van der Waals surface area (Å²) in [4.78, 5) is 8.16. The van der Waals surface area contributed by atoms with Gasteiger partial charge in [0.15, 0.2) is 5.82 Å². The molecule has 0 aromatic carbocycles. The Bertz CT molecular complexity index is 464. The maximum Gasteiger partial charge on any atom is 0.258 e. The average molecular weight is 204 g/mol. The molecule has 0 fully saturated rings.